The topological polar surface area (TPSA) is 51.1 Å². The number of carbonyl (C=O) groups is 2. The lowest BCUT2D eigenvalue weighted by Gasteiger charge is -2.11. The fourth-order valence-corrected chi connectivity index (χ4v) is 3.07. The van der Waals surface area contributed by atoms with Crippen LogP contribution in [-0.2, 0) is 11.3 Å². The van der Waals surface area contributed by atoms with Gasteiger partial charge in [-0.2, -0.15) is 0 Å². The fourth-order valence-electron chi connectivity index (χ4n) is 2.74. The Hall–Kier alpha value is -2.30. The van der Waals surface area contributed by atoms with Gasteiger partial charge in [-0.15, -0.1) is 0 Å². The molecule has 6 heteroatoms. The minimum Gasteiger partial charge on any atom is -0.335 e. The van der Waals surface area contributed by atoms with Gasteiger partial charge in [-0.1, -0.05) is 41.4 Å². The Labute approximate surface area is 149 Å². The third-order valence-electron chi connectivity index (χ3n) is 3.90. The van der Waals surface area contributed by atoms with E-state index in [0.717, 1.165) is 22.9 Å². The number of para-hydroxylation sites is 1. The normalized spacial score (nSPS) is 10.8. The first-order valence-electron chi connectivity index (χ1n) is 7.29. The maximum absolute atomic E-state index is 12.4. The summed E-state index contributed by atoms with van der Waals surface area (Å²) in [6.07, 6.45) is 0.819. The van der Waals surface area contributed by atoms with Gasteiger partial charge < -0.3 is 9.88 Å². The summed E-state index contributed by atoms with van der Waals surface area (Å²) in [6, 6.07) is 12.4. The molecular weight excluding hydrogens is 347 g/mol. The number of aromatic nitrogens is 1. The first-order chi connectivity index (χ1) is 11.5. The molecule has 1 N–H and O–H groups in total. The van der Waals surface area contributed by atoms with Gasteiger partial charge in [-0.3, -0.25) is 9.59 Å². The molecule has 0 saturated carbocycles. The lowest BCUT2D eigenvalue weighted by atomic mass is 10.1. The lowest BCUT2D eigenvalue weighted by Crippen LogP contribution is -2.19. The maximum atomic E-state index is 12.4. The van der Waals surface area contributed by atoms with E-state index in [1.54, 1.807) is 18.2 Å². The van der Waals surface area contributed by atoms with Crippen LogP contribution in [0, 0.1) is 6.92 Å². The number of carbonyl (C=O) groups excluding carboxylic acids is 2. The summed E-state index contributed by atoms with van der Waals surface area (Å²) < 4.78 is 1.81. The van der Waals surface area contributed by atoms with Crippen LogP contribution in [0.25, 0.3) is 10.9 Å². The molecule has 3 rings (SSSR count). The van der Waals surface area contributed by atoms with E-state index >= 15 is 0 Å². The number of hydrogen-bond donors (Lipinski definition) is 1. The zero-order chi connectivity index (χ0) is 17.3. The number of amides is 1. The molecule has 4 nitrogen and oxygen atoms in total. The van der Waals surface area contributed by atoms with E-state index in [4.69, 9.17) is 23.2 Å². The molecule has 3 aromatic rings. The Morgan fingerprint density at radius 2 is 1.96 bits per heavy atom. The van der Waals surface area contributed by atoms with E-state index in [2.05, 4.69) is 5.32 Å². The number of aldehydes is 1. The lowest BCUT2D eigenvalue weighted by molar-refractivity contribution is -0.116. The van der Waals surface area contributed by atoms with Crippen LogP contribution in [0.3, 0.4) is 0 Å². The van der Waals surface area contributed by atoms with E-state index in [1.165, 1.54) is 0 Å². The standard InChI is InChI=1S/C18H14Cl2N2O2/c1-11-14(10-23)13-4-2-3-5-17(13)22(11)9-18(24)21-16-8-12(19)6-7-15(16)20/h2-8,10H,9H2,1H3,(H,21,24). The highest BCUT2D eigenvalue weighted by molar-refractivity contribution is 6.35. The zero-order valence-electron chi connectivity index (χ0n) is 12.8. The number of hydrogen-bond acceptors (Lipinski definition) is 2. The minimum absolute atomic E-state index is 0.0724. The fraction of sp³-hybridized carbons (Fsp3) is 0.111. The molecule has 0 aliphatic rings. The van der Waals surface area contributed by atoms with Crippen molar-refractivity contribution in [2.45, 2.75) is 13.5 Å². The number of anilines is 1. The average Bonchev–Trinajstić information content (AvgIpc) is 2.83. The number of nitrogens with one attached hydrogen (secondary N) is 1. The number of halogens is 2. The molecule has 122 valence electrons. The highest BCUT2D eigenvalue weighted by Gasteiger charge is 2.16. The van der Waals surface area contributed by atoms with Gasteiger partial charge in [-0.05, 0) is 31.2 Å². The molecule has 2 aromatic carbocycles. The number of fused-ring (bicyclic) bond motifs is 1. The van der Waals surface area contributed by atoms with Gasteiger partial charge in [0.15, 0.2) is 6.29 Å². The van der Waals surface area contributed by atoms with Crippen molar-refractivity contribution in [1.82, 2.24) is 4.57 Å². The summed E-state index contributed by atoms with van der Waals surface area (Å²) in [5.74, 6) is -0.250. The Balaban J connectivity index is 1.92. The van der Waals surface area contributed by atoms with Crippen LogP contribution < -0.4 is 5.32 Å². The van der Waals surface area contributed by atoms with Crippen molar-refractivity contribution in [3.8, 4) is 0 Å². The van der Waals surface area contributed by atoms with Gasteiger partial charge in [0.25, 0.3) is 0 Å². The minimum atomic E-state index is -0.250. The second-order valence-corrected chi connectivity index (χ2v) is 6.24. The maximum Gasteiger partial charge on any atom is 0.244 e. The Morgan fingerprint density at radius 1 is 1.21 bits per heavy atom. The molecule has 0 spiro atoms. The first kappa shape index (κ1) is 16.6. The van der Waals surface area contributed by atoms with Gasteiger partial charge in [0.05, 0.1) is 10.7 Å². The predicted octanol–water partition coefficient (Wildman–Crippen LogP) is 4.71. The summed E-state index contributed by atoms with van der Waals surface area (Å²) in [7, 11) is 0. The molecule has 0 fully saturated rings. The largest absolute Gasteiger partial charge is 0.335 e. The SMILES string of the molecule is Cc1c(C=O)c2ccccc2n1CC(=O)Nc1cc(Cl)ccc1Cl. The predicted molar refractivity (Wildman–Crippen MR) is 97.2 cm³/mol. The second-order valence-electron chi connectivity index (χ2n) is 5.39. The third-order valence-corrected chi connectivity index (χ3v) is 4.47. The Bertz CT molecular complexity index is 948. The number of benzene rings is 2. The summed E-state index contributed by atoms with van der Waals surface area (Å²) in [5, 5.41) is 4.49. The summed E-state index contributed by atoms with van der Waals surface area (Å²) in [4.78, 5) is 23.8. The van der Waals surface area contributed by atoms with Crippen molar-refractivity contribution in [2.24, 2.45) is 0 Å². The molecule has 1 amide bonds. The van der Waals surface area contributed by atoms with Crippen LogP contribution in [0.5, 0.6) is 0 Å². The van der Waals surface area contributed by atoms with Crippen molar-refractivity contribution >= 4 is 52.0 Å². The highest BCUT2D eigenvalue weighted by Crippen LogP contribution is 2.27. The molecule has 0 saturated heterocycles. The Kier molecular flexibility index (Phi) is 4.60. The average molecular weight is 361 g/mol. The van der Waals surface area contributed by atoms with Crippen molar-refractivity contribution in [3.63, 3.8) is 0 Å². The second kappa shape index (κ2) is 6.67. The molecule has 1 heterocycles. The molecular formula is C18H14Cl2N2O2. The van der Waals surface area contributed by atoms with E-state index in [1.807, 2.05) is 35.8 Å². The van der Waals surface area contributed by atoms with E-state index in [9.17, 15) is 9.59 Å². The quantitative estimate of drug-likeness (QED) is 0.685. The van der Waals surface area contributed by atoms with E-state index < -0.39 is 0 Å². The van der Waals surface area contributed by atoms with Crippen molar-refractivity contribution in [1.29, 1.82) is 0 Å². The van der Waals surface area contributed by atoms with Gasteiger partial charge in [0, 0.05) is 27.2 Å². The summed E-state index contributed by atoms with van der Waals surface area (Å²) >= 11 is 12.0. The monoisotopic (exact) mass is 360 g/mol. The van der Waals surface area contributed by atoms with Crippen molar-refractivity contribution in [3.05, 3.63) is 63.8 Å². The molecule has 1 aromatic heterocycles. The molecule has 0 atom stereocenters. The van der Waals surface area contributed by atoms with Gasteiger partial charge in [-0.25, -0.2) is 0 Å². The third kappa shape index (κ3) is 3.03. The highest BCUT2D eigenvalue weighted by atomic mass is 35.5. The summed E-state index contributed by atoms with van der Waals surface area (Å²) in [5.41, 5.74) is 2.64. The van der Waals surface area contributed by atoms with E-state index in [-0.39, 0.29) is 12.5 Å². The zero-order valence-corrected chi connectivity index (χ0v) is 14.4. The van der Waals surface area contributed by atoms with Crippen molar-refractivity contribution < 1.29 is 9.59 Å². The molecule has 0 unspecified atom stereocenters. The van der Waals surface area contributed by atoms with Gasteiger partial charge >= 0.3 is 0 Å². The summed E-state index contributed by atoms with van der Waals surface area (Å²) in [6.45, 7) is 1.90. The first-order valence-corrected chi connectivity index (χ1v) is 8.04. The van der Waals surface area contributed by atoms with Gasteiger partial charge in [0.1, 0.15) is 6.54 Å². The van der Waals surface area contributed by atoms with E-state index in [0.29, 0.717) is 21.3 Å². The van der Waals surface area contributed by atoms with Crippen LogP contribution in [0.4, 0.5) is 5.69 Å². The van der Waals surface area contributed by atoms with Crippen LogP contribution in [0.1, 0.15) is 16.1 Å². The van der Waals surface area contributed by atoms with Crippen LogP contribution >= 0.6 is 23.2 Å². The number of rotatable bonds is 4. The number of nitrogens with zero attached hydrogens (tertiary/aromatic N) is 1. The van der Waals surface area contributed by atoms with Crippen LogP contribution in [-0.4, -0.2) is 16.8 Å². The smallest absolute Gasteiger partial charge is 0.244 e. The van der Waals surface area contributed by atoms with Crippen LogP contribution in [0.2, 0.25) is 10.0 Å². The van der Waals surface area contributed by atoms with Gasteiger partial charge in [0.2, 0.25) is 5.91 Å². The molecule has 0 aliphatic heterocycles. The molecule has 0 aliphatic carbocycles. The Morgan fingerprint density at radius 3 is 2.71 bits per heavy atom. The molecule has 0 bridgehead atoms. The van der Waals surface area contributed by atoms with Crippen LogP contribution in [0.15, 0.2) is 42.5 Å². The molecule has 24 heavy (non-hydrogen) atoms. The van der Waals surface area contributed by atoms with Crippen molar-refractivity contribution in [2.75, 3.05) is 5.32 Å². The molecule has 0 radical (unpaired) electrons.